The number of nitrogens with zero attached hydrogens (tertiary/aromatic N) is 1. The van der Waals surface area contributed by atoms with Crippen molar-refractivity contribution in [2.75, 3.05) is 11.4 Å². The quantitative estimate of drug-likeness (QED) is 0.503. The molecule has 0 heterocycles. The van der Waals surface area contributed by atoms with Crippen LogP contribution in [0.3, 0.4) is 0 Å². The Morgan fingerprint density at radius 3 is 2.35 bits per heavy atom. The lowest BCUT2D eigenvalue weighted by molar-refractivity contribution is 0.0696. The number of nitrogens with one attached hydrogen (secondary N) is 1. The predicted molar refractivity (Wildman–Crippen MR) is 119 cm³/mol. The molecule has 3 rings (SSSR count). The zero-order chi connectivity index (χ0) is 22.6. The Morgan fingerprint density at radius 1 is 1.03 bits per heavy atom. The van der Waals surface area contributed by atoms with Crippen molar-refractivity contribution in [2.45, 2.75) is 25.7 Å². The maximum absolute atomic E-state index is 13.1. The van der Waals surface area contributed by atoms with Gasteiger partial charge in [-0.05, 0) is 67.6 Å². The minimum Gasteiger partial charge on any atom is -0.478 e. The molecule has 0 bridgehead atoms. The van der Waals surface area contributed by atoms with E-state index < -0.39 is 16.0 Å². The van der Waals surface area contributed by atoms with Crippen LogP contribution in [-0.4, -0.2) is 26.0 Å². The number of hydrogen-bond donors (Lipinski definition) is 2. The molecule has 0 spiro atoms. The topological polar surface area (TPSA) is 95.9 Å². The molecule has 0 aliphatic carbocycles. The van der Waals surface area contributed by atoms with Crippen LogP contribution in [0.4, 0.5) is 11.4 Å². The number of carbonyl (C=O) groups is 1. The van der Waals surface area contributed by atoms with Gasteiger partial charge in [0, 0.05) is 12.2 Å². The molecule has 3 aromatic rings. The van der Waals surface area contributed by atoms with Crippen LogP contribution in [0.2, 0.25) is 0 Å². The molecule has 2 N–H and O–H groups in total. The number of carboxylic acids is 1. The Bertz CT molecular complexity index is 1190. The number of carboxylic acid groups (broad SMARTS) is 1. The summed E-state index contributed by atoms with van der Waals surface area (Å²) in [5.74, 6) is -0.762. The number of sulfonamides is 1. The molecule has 7 nitrogen and oxygen atoms in total. The number of aromatic carboxylic acids is 1. The highest BCUT2D eigenvalue weighted by atomic mass is 32.2. The molecule has 0 saturated heterocycles. The summed E-state index contributed by atoms with van der Waals surface area (Å²) in [6, 6.07) is 18.4. The first kappa shape index (κ1) is 22.3. The molecular weight excluding hydrogens is 416 g/mol. The van der Waals surface area contributed by atoms with Crippen molar-refractivity contribution in [1.29, 1.82) is 0 Å². The first-order chi connectivity index (χ1) is 14.7. The average Bonchev–Trinajstić information content (AvgIpc) is 2.74. The van der Waals surface area contributed by atoms with Crippen LogP contribution in [0.1, 0.15) is 28.4 Å². The van der Waals surface area contributed by atoms with Gasteiger partial charge >= 0.3 is 5.97 Å². The van der Waals surface area contributed by atoms with Crippen molar-refractivity contribution < 1.29 is 23.2 Å². The van der Waals surface area contributed by atoms with E-state index in [1.165, 1.54) is 18.2 Å². The van der Waals surface area contributed by atoms with Gasteiger partial charge in [-0.1, -0.05) is 35.9 Å². The normalized spacial score (nSPS) is 11.2. The van der Waals surface area contributed by atoms with E-state index in [1.54, 1.807) is 11.0 Å². The van der Waals surface area contributed by atoms with E-state index in [4.69, 9.17) is 4.84 Å². The van der Waals surface area contributed by atoms with Crippen LogP contribution >= 0.6 is 0 Å². The van der Waals surface area contributed by atoms with Gasteiger partial charge in [0.05, 0.1) is 11.3 Å². The maximum atomic E-state index is 13.1. The molecule has 0 aliphatic rings. The van der Waals surface area contributed by atoms with Crippen LogP contribution in [0.5, 0.6) is 5.75 Å². The van der Waals surface area contributed by atoms with E-state index >= 15 is 0 Å². The third kappa shape index (κ3) is 5.04. The number of anilines is 2. The van der Waals surface area contributed by atoms with E-state index in [-0.39, 0.29) is 16.1 Å². The minimum atomic E-state index is -4.13. The fraction of sp³-hybridized carbons (Fsp3) is 0.174. The summed E-state index contributed by atoms with van der Waals surface area (Å²) in [6.45, 7) is 6.03. The SMILES string of the molecule is CCN(c1ccccc1)c1cc(C(=O)O)ccc1S(=O)(=O)NOc1ccc(C)cc1C. The lowest BCUT2D eigenvalue weighted by Crippen LogP contribution is -2.30. The van der Waals surface area contributed by atoms with Crippen molar-refractivity contribution in [3.63, 3.8) is 0 Å². The van der Waals surface area contributed by atoms with Crippen molar-refractivity contribution in [2.24, 2.45) is 0 Å². The monoisotopic (exact) mass is 440 g/mol. The van der Waals surface area contributed by atoms with Crippen LogP contribution in [0, 0.1) is 13.8 Å². The van der Waals surface area contributed by atoms with Crippen molar-refractivity contribution in [3.05, 3.63) is 83.4 Å². The molecule has 0 aromatic heterocycles. The Kier molecular flexibility index (Phi) is 6.62. The van der Waals surface area contributed by atoms with Crippen molar-refractivity contribution >= 4 is 27.4 Å². The highest BCUT2D eigenvalue weighted by Gasteiger charge is 2.25. The number of para-hydroxylation sites is 1. The van der Waals surface area contributed by atoms with Crippen LogP contribution in [0.25, 0.3) is 0 Å². The highest BCUT2D eigenvalue weighted by Crippen LogP contribution is 2.32. The van der Waals surface area contributed by atoms with E-state index in [9.17, 15) is 18.3 Å². The number of benzene rings is 3. The van der Waals surface area contributed by atoms with E-state index in [0.717, 1.165) is 16.8 Å². The molecule has 0 saturated carbocycles. The molecule has 0 unspecified atom stereocenters. The van der Waals surface area contributed by atoms with Gasteiger partial charge < -0.3 is 14.8 Å². The summed E-state index contributed by atoms with van der Waals surface area (Å²) >= 11 is 0. The van der Waals surface area contributed by atoms with Gasteiger partial charge in [-0.15, -0.1) is 0 Å². The third-order valence-corrected chi connectivity index (χ3v) is 5.99. The predicted octanol–water partition coefficient (Wildman–Crippen LogP) is 4.43. The van der Waals surface area contributed by atoms with Gasteiger partial charge in [0.15, 0.2) is 5.75 Å². The van der Waals surface area contributed by atoms with Gasteiger partial charge in [-0.2, -0.15) is 0 Å². The van der Waals surface area contributed by atoms with Gasteiger partial charge in [-0.25, -0.2) is 13.2 Å². The van der Waals surface area contributed by atoms with Crippen LogP contribution < -0.4 is 14.6 Å². The van der Waals surface area contributed by atoms with E-state index in [0.29, 0.717) is 12.3 Å². The molecule has 0 atom stereocenters. The van der Waals surface area contributed by atoms with E-state index in [2.05, 4.69) is 4.89 Å². The van der Waals surface area contributed by atoms with Gasteiger partial charge in [0.2, 0.25) is 0 Å². The molecule has 0 fully saturated rings. The standard InChI is InChI=1S/C23H24N2O5S/c1-4-25(19-8-6-5-7-9-19)20-15-18(23(26)27)11-13-22(20)31(28,29)24-30-21-12-10-16(2)14-17(21)3/h5-15,24H,4H2,1-3H3,(H,26,27). The first-order valence-corrected chi connectivity index (χ1v) is 11.2. The minimum absolute atomic E-state index is 0.0152. The van der Waals surface area contributed by atoms with Crippen LogP contribution in [-0.2, 0) is 10.0 Å². The van der Waals surface area contributed by atoms with Gasteiger partial charge in [0.1, 0.15) is 4.90 Å². The number of rotatable bonds is 8. The third-order valence-electron chi connectivity index (χ3n) is 4.76. The summed E-state index contributed by atoms with van der Waals surface area (Å²) in [5, 5.41) is 9.42. The summed E-state index contributed by atoms with van der Waals surface area (Å²) in [7, 11) is -4.13. The number of aryl methyl sites for hydroxylation is 2. The largest absolute Gasteiger partial charge is 0.478 e. The maximum Gasteiger partial charge on any atom is 0.335 e. The molecule has 0 aliphatic heterocycles. The molecule has 0 amide bonds. The second kappa shape index (κ2) is 9.20. The van der Waals surface area contributed by atoms with Crippen molar-refractivity contribution in [3.8, 4) is 5.75 Å². The first-order valence-electron chi connectivity index (χ1n) is 9.68. The summed E-state index contributed by atoms with van der Waals surface area (Å²) in [6.07, 6.45) is 0. The summed E-state index contributed by atoms with van der Waals surface area (Å²) in [4.78, 5) is 20.7. The van der Waals surface area contributed by atoms with E-state index in [1.807, 2.05) is 63.2 Å². The summed E-state index contributed by atoms with van der Waals surface area (Å²) in [5.41, 5.74) is 2.77. The molecule has 3 aromatic carbocycles. The Hall–Kier alpha value is -3.36. The Morgan fingerprint density at radius 2 is 1.74 bits per heavy atom. The Balaban J connectivity index is 2.03. The van der Waals surface area contributed by atoms with Crippen LogP contribution in [0.15, 0.2) is 71.6 Å². The molecule has 8 heteroatoms. The fourth-order valence-electron chi connectivity index (χ4n) is 3.25. The molecular formula is C23H24N2O5S. The highest BCUT2D eigenvalue weighted by molar-refractivity contribution is 7.89. The lowest BCUT2D eigenvalue weighted by atomic mass is 10.1. The summed E-state index contributed by atoms with van der Waals surface area (Å²) < 4.78 is 26.3. The molecule has 31 heavy (non-hydrogen) atoms. The fourth-order valence-corrected chi connectivity index (χ4v) is 4.23. The van der Waals surface area contributed by atoms with Crippen molar-refractivity contribution in [1.82, 2.24) is 4.89 Å². The second-order valence-corrected chi connectivity index (χ2v) is 8.64. The zero-order valence-corrected chi connectivity index (χ0v) is 18.3. The average molecular weight is 441 g/mol. The lowest BCUT2D eigenvalue weighted by Gasteiger charge is -2.26. The Labute approximate surface area is 181 Å². The smallest absolute Gasteiger partial charge is 0.335 e. The van der Waals surface area contributed by atoms with Gasteiger partial charge in [0.25, 0.3) is 10.0 Å². The van der Waals surface area contributed by atoms with Gasteiger partial charge in [-0.3, -0.25) is 0 Å². The molecule has 162 valence electrons. The molecule has 0 radical (unpaired) electrons. The second-order valence-electron chi connectivity index (χ2n) is 7.03. The zero-order valence-electron chi connectivity index (χ0n) is 17.5. The number of hydrogen-bond acceptors (Lipinski definition) is 5.